The number of carbonyl (C=O) groups is 1. The van der Waals surface area contributed by atoms with Gasteiger partial charge in [0.15, 0.2) is 6.61 Å². The molecule has 2 rings (SSSR count). The predicted molar refractivity (Wildman–Crippen MR) is 95.6 cm³/mol. The lowest BCUT2D eigenvalue weighted by atomic mass is 10.0. The highest BCUT2D eigenvalue weighted by Crippen LogP contribution is 2.17. The minimum Gasteiger partial charge on any atom is -0.494 e. The Morgan fingerprint density at radius 2 is 1.71 bits per heavy atom. The Morgan fingerprint density at radius 1 is 1.08 bits per heavy atom. The average molecular weight is 334 g/mol. The second-order valence-electron chi connectivity index (χ2n) is 6.29. The first-order chi connectivity index (χ1) is 11.7. The summed E-state index contributed by atoms with van der Waals surface area (Å²) >= 11 is 0. The largest absolute Gasteiger partial charge is 0.494 e. The number of piperidine rings is 1. The lowest BCUT2D eigenvalue weighted by Crippen LogP contribution is -2.46. The number of hydrogen-bond acceptors (Lipinski definition) is 4. The Bertz CT molecular complexity index is 482. The van der Waals surface area contributed by atoms with Crippen molar-refractivity contribution in [2.24, 2.45) is 0 Å². The highest BCUT2D eigenvalue weighted by Gasteiger charge is 2.20. The molecule has 0 radical (unpaired) electrons. The quantitative estimate of drug-likeness (QED) is 0.754. The molecule has 1 amide bonds. The van der Waals surface area contributed by atoms with E-state index < -0.39 is 0 Å². The molecule has 1 fully saturated rings. The van der Waals surface area contributed by atoms with Crippen LogP contribution in [0.4, 0.5) is 0 Å². The monoisotopic (exact) mass is 334 g/mol. The zero-order chi connectivity index (χ0) is 17.2. The Kier molecular flexibility index (Phi) is 7.89. The molecule has 1 aliphatic rings. The van der Waals surface area contributed by atoms with Gasteiger partial charge in [0, 0.05) is 19.1 Å². The van der Waals surface area contributed by atoms with Crippen LogP contribution in [0.1, 0.15) is 39.5 Å². The van der Waals surface area contributed by atoms with Crippen molar-refractivity contribution in [1.29, 1.82) is 0 Å². The molecule has 0 atom stereocenters. The summed E-state index contributed by atoms with van der Waals surface area (Å²) in [4.78, 5) is 14.5. The fourth-order valence-electron chi connectivity index (χ4n) is 2.89. The third-order valence-electron chi connectivity index (χ3n) is 4.16. The van der Waals surface area contributed by atoms with Crippen molar-refractivity contribution in [1.82, 2.24) is 10.2 Å². The van der Waals surface area contributed by atoms with Crippen LogP contribution in [0.2, 0.25) is 0 Å². The normalized spacial score (nSPS) is 15.9. The number of hydrogen-bond donors (Lipinski definition) is 1. The number of nitrogens with zero attached hydrogens (tertiary/aromatic N) is 1. The van der Waals surface area contributed by atoms with Gasteiger partial charge in [-0.25, -0.2) is 0 Å². The van der Waals surface area contributed by atoms with Crippen LogP contribution in [-0.4, -0.2) is 49.7 Å². The second kappa shape index (κ2) is 10.2. The second-order valence-corrected chi connectivity index (χ2v) is 6.29. The van der Waals surface area contributed by atoms with E-state index in [-0.39, 0.29) is 18.6 Å². The van der Waals surface area contributed by atoms with Gasteiger partial charge in [0.25, 0.3) is 5.91 Å². The number of rotatable bonds is 9. The summed E-state index contributed by atoms with van der Waals surface area (Å²) < 4.78 is 11.1. The molecule has 134 valence electrons. The topological polar surface area (TPSA) is 50.8 Å². The van der Waals surface area contributed by atoms with Crippen LogP contribution in [0.3, 0.4) is 0 Å². The zero-order valence-corrected chi connectivity index (χ0v) is 14.9. The van der Waals surface area contributed by atoms with Gasteiger partial charge in [0.1, 0.15) is 11.5 Å². The maximum atomic E-state index is 12.0. The van der Waals surface area contributed by atoms with Crippen molar-refractivity contribution in [2.75, 3.05) is 32.8 Å². The molecule has 1 aromatic carbocycles. The van der Waals surface area contributed by atoms with Gasteiger partial charge < -0.3 is 19.7 Å². The van der Waals surface area contributed by atoms with Crippen LogP contribution in [0.25, 0.3) is 0 Å². The maximum absolute atomic E-state index is 12.0. The minimum absolute atomic E-state index is 0.0461. The molecule has 24 heavy (non-hydrogen) atoms. The summed E-state index contributed by atoms with van der Waals surface area (Å²) in [6, 6.07) is 7.68. The molecule has 0 saturated carbocycles. The molecule has 0 bridgehead atoms. The molecule has 5 heteroatoms. The number of amides is 1. The van der Waals surface area contributed by atoms with Crippen molar-refractivity contribution in [3.63, 3.8) is 0 Å². The molecule has 5 nitrogen and oxygen atoms in total. The molecule has 0 spiro atoms. The van der Waals surface area contributed by atoms with E-state index in [0.29, 0.717) is 12.4 Å². The predicted octanol–water partition coefficient (Wildman–Crippen LogP) is 2.84. The standard InChI is InChI=1S/C19H30N2O3/c1-3-11-21-12-9-16(10-13-21)20-19(22)15-24-18-7-5-17(6-8-18)23-14-4-2/h5-8,16H,3-4,9-15H2,1-2H3,(H,20,22). The van der Waals surface area contributed by atoms with Crippen molar-refractivity contribution in [3.05, 3.63) is 24.3 Å². The van der Waals surface area contributed by atoms with Gasteiger partial charge in [-0.3, -0.25) is 4.79 Å². The summed E-state index contributed by atoms with van der Waals surface area (Å²) in [7, 11) is 0. The van der Waals surface area contributed by atoms with E-state index in [4.69, 9.17) is 9.47 Å². The van der Waals surface area contributed by atoms with E-state index in [1.165, 1.54) is 6.42 Å². The van der Waals surface area contributed by atoms with Gasteiger partial charge in [-0.15, -0.1) is 0 Å². The molecule has 0 aliphatic carbocycles. The van der Waals surface area contributed by atoms with Gasteiger partial charge in [-0.1, -0.05) is 13.8 Å². The van der Waals surface area contributed by atoms with Crippen LogP contribution in [0, 0.1) is 0 Å². The Hall–Kier alpha value is -1.75. The average Bonchev–Trinajstić information content (AvgIpc) is 2.61. The number of carbonyl (C=O) groups excluding carboxylic acids is 1. The number of nitrogens with one attached hydrogen (secondary N) is 1. The van der Waals surface area contributed by atoms with Crippen LogP contribution < -0.4 is 14.8 Å². The zero-order valence-electron chi connectivity index (χ0n) is 14.9. The van der Waals surface area contributed by atoms with Gasteiger partial charge in [0.2, 0.25) is 0 Å². The fourth-order valence-corrected chi connectivity index (χ4v) is 2.89. The first-order valence-corrected chi connectivity index (χ1v) is 9.08. The van der Waals surface area contributed by atoms with E-state index in [1.54, 1.807) is 0 Å². The first kappa shape index (κ1) is 18.6. The smallest absolute Gasteiger partial charge is 0.258 e. The summed E-state index contributed by atoms with van der Waals surface area (Å²) in [6.07, 6.45) is 4.22. The summed E-state index contributed by atoms with van der Waals surface area (Å²) in [5.74, 6) is 1.47. The van der Waals surface area contributed by atoms with E-state index >= 15 is 0 Å². The van der Waals surface area contributed by atoms with Crippen LogP contribution in [0.15, 0.2) is 24.3 Å². The molecular formula is C19H30N2O3. The van der Waals surface area contributed by atoms with Crippen LogP contribution >= 0.6 is 0 Å². The molecule has 1 aromatic rings. The van der Waals surface area contributed by atoms with Gasteiger partial charge in [-0.05, 0) is 56.5 Å². The van der Waals surface area contributed by atoms with E-state index in [9.17, 15) is 4.79 Å². The molecule has 1 N–H and O–H groups in total. The lowest BCUT2D eigenvalue weighted by molar-refractivity contribution is -0.124. The number of ether oxygens (including phenoxy) is 2. The van der Waals surface area contributed by atoms with Gasteiger partial charge in [0.05, 0.1) is 6.61 Å². The number of benzene rings is 1. The van der Waals surface area contributed by atoms with E-state index in [0.717, 1.165) is 44.6 Å². The summed E-state index contributed by atoms with van der Waals surface area (Å²) in [6.45, 7) is 8.33. The van der Waals surface area contributed by atoms with Crippen molar-refractivity contribution >= 4 is 5.91 Å². The SMILES string of the molecule is CCCOc1ccc(OCC(=O)NC2CCN(CCC)CC2)cc1. The highest BCUT2D eigenvalue weighted by molar-refractivity contribution is 5.77. The van der Waals surface area contributed by atoms with Crippen molar-refractivity contribution < 1.29 is 14.3 Å². The molecule has 0 aromatic heterocycles. The highest BCUT2D eigenvalue weighted by atomic mass is 16.5. The summed E-state index contributed by atoms with van der Waals surface area (Å²) in [5.41, 5.74) is 0. The van der Waals surface area contributed by atoms with Crippen molar-refractivity contribution in [3.8, 4) is 11.5 Å². The summed E-state index contributed by atoms with van der Waals surface area (Å²) in [5, 5.41) is 3.08. The Labute approximate surface area is 145 Å². The van der Waals surface area contributed by atoms with E-state index in [2.05, 4.69) is 24.1 Å². The number of likely N-dealkylation sites (tertiary alicyclic amines) is 1. The first-order valence-electron chi connectivity index (χ1n) is 9.08. The third kappa shape index (κ3) is 6.40. The fraction of sp³-hybridized carbons (Fsp3) is 0.632. The Morgan fingerprint density at radius 3 is 2.29 bits per heavy atom. The molecule has 1 aliphatic heterocycles. The molecule has 1 heterocycles. The Balaban J connectivity index is 1.66. The maximum Gasteiger partial charge on any atom is 0.258 e. The van der Waals surface area contributed by atoms with Crippen molar-refractivity contribution in [2.45, 2.75) is 45.6 Å². The lowest BCUT2D eigenvalue weighted by Gasteiger charge is -2.32. The molecular weight excluding hydrogens is 304 g/mol. The molecule has 1 saturated heterocycles. The van der Waals surface area contributed by atoms with E-state index in [1.807, 2.05) is 24.3 Å². The van der Waals surface area contributed by atoms with Crippen LogP contribution in [0.5, 0.6) is 11.5 Å². The molecule has 0 unspecified atom stereocenters. The minimum atomic E-state index is -0.0461. The third-order valence-corrected chi connectivity index (χ3v) is 4.16. The van der Waals surface area contributed by atoms with Gasteiger partial charge in [-0.2, -0.15) is 0 Å². The van der Waals surface area contributed by atoms with Crippen LogP contribution in [-0.2, 0) is 4.79 Å². The van der Waals surface area contributed by atoms with Gasteiger partial charge >= 0.3 is 0 Å².